The van der Waals surface area contributed by atoms with Gasteiger partial charge in [-0.25, -0.2) is 4.57 Å². The first-order valence-electron chi connectivity index (χ1n) is 26.6. The third-order valence-corrected chi connectivity index (χ3v) is 12.1. The Labute approximate surface area is 409 Å². The minimum Gasteiger partial charge on any atom is -0.480 e. The molecule has 10 nitrogen and oxygen atoms in total. The lowest BCUT2D eigenvalue weighted by Gasteiger charge is -2.20. The summed E-state index contributed by atoms with van der Waals surface area (Å²) in [4.78, 5) is 33.7. The summed E-state index contributed by atoms with van der Waals surface area (Å²) >= 11 is 0. The molecule has 0 saturated heterocycles. The van der Waals surface area contributed by atoms with Crippen molar-refractivity contribution >= 4 is 19.8 Å². The van der Waals surface area contributed by atoms with E-state index in [0.717, 1.165) is 89.9 Å². The molecule has 4 N–H and O–H groups in total. The molecule has 0 spiro atoms. The van der Waals surface area contributed by atoms with Crippen molar-refractivity contribution in [1.82, 2.24) is 0 Å². The molecule has 0 fully saturated rings. The molecule has 0 saturated carbocycles. The summed E-state index contributed by atoms with van der Waals surface area (Å²) in [7, 11) is -4.63. The monoisotopic (exact) mass is 960 g/mol. The minimum atomic E-state index is -4.63. The minimum absolute atomic E-state index is 0.00188. The van der Waals surface area contributed by atoms with E-state index in [0.29, 0.717) is 13.0 Å². The molecule has 0 aromatic rings. The zero-order chi connectivity index (χ0) is 49.0. The lowest BCUT2D eigenvalue weighted by atomic mass is 10.0. The Morgan fingerprint density at radius 1 is 0.493 bits per heavy atom. The highest BCUT2D eigenvalue weighted by Gasteiger charge is 2.27. The van der Waals surface area contributed by atoms with E-state index in [1.807, 2.05) is 0 Å². The lowest BCUT2D eigenvalue weighted by molar-refractivity contribution is -0.154. The van der Waals surface area contributed by atoms with E-state index in [-0.39, 0.29) is 13.0 Å². The average Bonchev–Trinajstić information content (AvgIpc) is 3.31. The van der Waals surface area contributed by atoms with Crippen LogP contribution in [0.15, 0.2) is 85.1 Å². The van der Waals surface area contributed by atoms with Gasteiger partial charge in [0, 0.05) is 13.0 Å². The van der Waals surface area contributed by atoms with Crippen molar-refractivity contribution in [3.8, 4) is 0 Å². The first kappa shape index (κ1) is 64.2. The number of unbranched alkanes of at least 4 members (excludes halogenated alkanes) is 22. The first-order chi connectivity index (χ1) is 32.7. The van der Waals surface area contributed by atoms with Gasteiger partial charge in [0.1, 0.15) is 12.1 Å². The molecule has 3 unspecified atom stereocenters. The van der Waals surface area contributed by atoms with Crippen LogP contribution in [0.3, 0.4) is 0 Å². The number of esters is 1. The Morgan fingerprint density at radius 3 is 1.30 bits per heavy atom. The van der Waals surface area contributed by atoms with Gasteiger partial charge in [-0.1, -0.05) is 208 Å². The van der Waals surface area contributed by atoms with Crippen LogP contribution >= 0.6 is 7.82 Å². The number of ether oxygens (including phenoxy) is 2. The number of carbonyl (C=O) groups is 2. The highest BCUT2D eigenvalue weighted by Crippen LogP contribution is 2.43. The Bertz CT molecular complexity index is 1390. The molecule has 386 valence electrons. The maximum absolute atomic E-state index is 12.7. The van der Waals surface area contributed by atoms with Crippen molar-refractivity contribution in [2.45, 2.75) is 231 Å². The topological polar surface area (TPSA) is 155 Å². The van der Waals surface area contributed by atoms with Crippen LogP contribution in [0, 0.1) is 0 Å². The summed E-state index contributed by atoms with van der Waals surface area (Å²) in [5, 5.41) is 8.94. The molecule has 0 radical (unpaired) electrons. The van der Waals surface area contributed by atoms with E-state index in [4.69, 9.17) is 29.4 Å². The highest BCUT2D eigenvalue weighted by molar-refractivity contribution is 7.47. The number of phosphoric ester groups is 1. The second kappa shape index (κ2) is 51.0. The molecule has 11 heteroatoms. The molecule has 0 aliphatic heterocycles. The second-order valence-corrected chi connectivity index (χ2v) is 19.1. The number of carboxylic acids is 1. The number of phosphoric acid groups is 1. The zero-order valence-corrected chi connectivity index (χ0v) is 43.4. The molecule has 0 aliphatic carbocycles. The fourth-order valence-corrected chi connectivity index (χ4v) is 7.85. The van der Waals surface area contributed by atoms with Crippen molar-refractivity contribution in [3.05, 3.63) is 85.1 Å². The van der Waals surface area contributed by atoms with Crippen LogP contribution in [-0.4, -0.2) is 60.5 Å². The van der Waals surface area contributed by atoms with Crippen molar-refractivity contribution in [2.75, 3.05) is 26.4 Å². The highest BCUT2D eigenvalue weighted by atomic mass is 31.2. The maximum Gasteiger partial charge on any atom is 0.472 e. The second-order valence-electron chi connectivity index (χ2n) is 17.6. The Balaban J connectivity index is 4.17. The molecular formula is C56H98NO9P. The van der Waals surface area contributed by atoms with Gasteiger partial charge >= 0.3 is 19.8 Å². The Hall–Kier alpha value is -2.85. The van der Waals surface area contributed by atoms with Gasteiger partial charge in [-0.15, -0.1) is 0 Å². The van der Waals surface area contributed by atoms with Crippen molar-refractivity contribution in [3.63, 3.8) is 0 Å². The molecule has 67 heavy (non-hydrogen) atoms. The number of carbonyl (C=O) groups excluding carboxylic acids is 1. The first-order valence-corrected chi connectivity index (χ1v) is 28.1. The lowest BCUT2D eigenvalue weighted by Crippen LogP contribution is -2.34. The van der Waals surface area contributed by atoms with Crippen molar-refractivity contribution < 1.29 is 42.7 Å². The van der Waals surface area contributed by atoms with Gasteiger partial charge in [-0.05, 0) is 89.9 Å². The summed E-state index contributed by atoms with van der Waals surface area (Å²) in [5.74, 6) is -1.79. The third-order valence-electron chi connectivity index (χ3n) is 11.2. The number of hydrogen-bond donors (Lipinski definition) is 3. The smallest absolute Gasteiger partial charge is 0.472 e. The van der Waals surface area contributed by atoms with Gasteiger partial charge in [0.2, 0.25) is 0 Å². The molecule has 0 bridgehead atoms. The van der Waals surface area contributed by atoms with E-state index < -0.39 is 45.1 Å². The van der Waals surface area contributed by atoms with Gasteiger partial charge in [0.25, 0.3) is 0 Å². The zero-order valence-electron chi connectivity index (χ0n) is 42.5. The van der Waals surface area contributed by atoms with Crippen LogP contribution in [0.4, 0.5) is 0 Å². The standard InChI is InChI=1S/C56H98NO9P/c1-3-5-7-9-11-13-15-17-19-21-23-25-27-28-30-32-34-36-38-40-42-44-46-48-55(58)66-53(51-64-67(61,62)65-52-54(57)56(59)60)50-63-49-47-45-43-41-39-37-35-33-31-29-26-24-22-20-18-16-14-12-10-8-6-4-2/h6,8,12,14-15,17-18,20-21,23-24,26,31,33,53-54H,3-5,7,9-11,13,16,19,22,25,27-30,32,34-52,57H2,1-2H3,(H,59,60)(H,61,62)/b8-6-,14-12-,17-15-,20-18-,23-21-,26-24-,33-31-. The molecule has 3 atom stereocenters. The fourth-order valence-electron chi connectivity index (χ4n) is 7.07. The fraction of sp³-hybridized carbons (Fsp3) is 0.714. The van der Waals surface area contributed by atoms with Crippen LogP contribution in [-0.2, 0) is 32.7 Å². The summed E-state index contributed by atoms with van der Waals surface area (Å²) in [6.07, 6.45) is 66.4. The predicted molar refractivity (Wildman–Crippen MR) is 281 cm³/mol. The number of aliphatic carboxylic acids is 1. The van der Waals surface area contributed by atoms with Crippen molar-refractivity contribution in [2.24, 2.45) is 5.73 Å². The van der Waals surface area contributed by atoms with E-state index in [9.17, 15) is 19.0 Å². The number of nitrogens with two attached hydrogens (primary N) is 1. The molecule has 0 aromatic carbocycles. The Morgan fingerprint density at radius 2 is 0.866 bits per heavy atom. The molecule has 0 heterocycles. The van der Waals surface area contributed by atoms with Crippen molar-refractivity contribution in [1.29, 1.82) is 0 Å². The SMILES string of the molecule is CC/C=C\C/C=C\C/C=C\C/C=C\C/C=C\CCCCCCCCOCC(COP(=O)(O)OCC(N)C(=O)O)OC(=O)CCCCCCCCCCCCC/C=C\C/C=C\CCCCCCC. The predicted octanol–water partition coefficient (Wildman–Crippen LogP) is 15.9. The van der Waals surface area contributed by atoms with Crippen LogP contribution in [0.1, 0.15) is 219 Å². The molecule has 0 rings (SSSR count). The van der Waals surface area contributed by atoms with E-state index in [1.54, 1.807) is 0 Å². The van der Waals surface area contributed by atoms with Crippen LogP contribution in [0.2, 0.25) is 0 Å². The van der Waals surface area contributed by atoms with Gasteiger partial charge < -0.3 is 25.2 Å². The number of hydrogen-bond acceptors (Lipinski definition) is 8. The molecular weight excluding hydrogens is 862 g/mol. The summed E-state index contributed by atoms with van der Waals surface area (Å²) in [5.41, 5.74) is 5.38. The summed E-state index contributed by atoms with van der Waals surface area (Å²) in [6, 6.07) is -1.48. The van der Waals surface area contributed by atoms with Gasteiger partial charge in [0.05, 0.1) is 19.8 Å². The summed E-state index contributed by atoms with van der Waals surface area (Å²) < 4.78 is 33.5. The quantitative estimate of drug-likeness (QED) is 0.0232. The Kier molecular flexibility index (Phi) is 48.8. The molecule has 0 amide bonds. The number of allylic oxidation sites excluding steroid dienone is 14. The maximum atomic E-state index is 12.7. The van der Waals surface area contributed by atoms with E-state index in [1.165, 1.54) is 103 Å². The number of carboxylic acid groups (broad SMARTS) is 1. The molecule has 0 aromatic heterocycles. The van der Waals surface area contributed by atoms with E-state index >= 15 is 0 Å². The van der Waals surface area contributed by atoms with Gasteiger partial charge in [-0.2, -0.15) is 0 Å². The van der Waals surface area contributed by atoms with Crippen LogP contribution in [0.5, 0.6) is 0 Å². The largest absolute Gasteiger partial charge is 0.480 e. The van der Waals surface area contributed by atoms with Gasteiger partial charge in [0.15, 0.2) is 0 Å². The van der Waals surface area contributed by atoms with Crippen LogP contribution in [0.25, 0.3) is 0 Å². The normalized spacial score (nSPS) is 14.3. The average molecular weight is 960 g/mol. The van der Waals surface area contributed by atoms with Gasteiger partial charge in [-0.3, -0.25) is 18.6 Å². The summed E-state index contributed by atoms with van der Waals surface area (Å²) in [6.45, 7) is 3.73. The van der Waals surface area contributed by atoms with Crippen LogP contribution < -0.4 is 5.73 Å². The molecule has 0 aliphatic rings. The third kappa shape index (κ3) is 50.8. The number of rotatable bonds is 50. The van der Waals surface area contributed by atoms with E-state index in [2.05, 4.69) is 98.9 Å².